The fraction of sp³-hybridized carbons (Fsp3) is 0.238. The van der Waals surface area contributed by atoms with E-state index in [-0.39, 0.29) is 16.7 Å². The normalized spacial score (nSPS) is 13.5. The number of aryl methyl sites for hydroxylation is 1. The van der Waals surface area contributed by atoms with Gasteiger partial charge in [-0.2, -0.15) is 0 Å². The van der Waals surface area contributed by atoms with Gasteiger partial charge in [0, 0.05) is 30.6 Å². The number of benzene rings is 2. The molecule has 1 heterocycles. The molecular weight excluding hydrogens is 376 g/mol. The lowest BCUT2D eigenvalue weighted by atomic mass is 10.0. The highest BCUT2D eigenvalue weighted by atomic mass is 32.2. The summed E-state index contributed by atoms with van der Waals surface area (Å²) >= 11 is 0. The predicted octanol–water partition coefficient (Wildman–Crippen LogP) is 2.49. The Morgan fingerprint density at radius 1 is 1.18 bits per heavy atom. The standard InChI is InChI=1S/C21H22N2O4S/c1-3-20(24)22-14-15-6-8-16(9-7-15)21(25)23-12-4-5-17-13-18(28(2,26)27)10-11-19(17)23/h3,6-11,13H,1,4-5,12,14H2,2H3,(H,22,24). The molecule has 2 aromatic rings. The van der Waals surface area contributed by atoms with Gasteiger partial charge in [0.1, 0.15) is 0 Å². The van der Waals surface area contributed by atoms with Crippen LogP contribution in [-0.4, -0.2) is 33.0 Å². The van der Waals surface area contributed by atoms with Crippen LogP contribution >= 0.6 is 0 Å². The molecule has 0 spiro atoms. The Labute approximate surface area is 164 Å². The van der Waals surface area contributed by atoms with Crippen LogP contribution in [0.2, 0.25) is 0 Å². The molecule has 1 N–H and O–H groups in total. The van der Waals surface area contributed by atoms with Gasteiger partial charge in [0.2, 0.25) is 5.91 Å². The van der Waals surface area contributed by atoms with Gasteiger partial charge in [-0.15, -0.1) is 0 Å². The summed E-state index contributed by atoms with van der Waals surface area (Å²) in [6.07, 6.45) is 3.91. The lowest BCUT2D eigenvalue weighted by molar-refractivity contribution is -0.116. The lowest BCUT2D eigenvalue weighted by Crippen LogP contribution is -2.35. The monoisotopic (exact) mass is 398 g/mol. The van der Waals surface area contributed by atoms with Crippen LogP contribution in [0.1, 0.15) is 27.9 Å². The van der Waals surface area contributed by atoms with Gasteiger partial charge in [-0.3, -0.25) is 9.59 Å². The molecule has 146 valence electrons. The van der Waals surface area contributed by atoms with Crippen molar-refractivity contribution in [2.24, 2.45) is 0 Å². The Balaban J connectivity index is 1.80. The number of nitrogens with one attached hydrogen (secondary N) is 1. The molecule has 2 amide bonds. The molecule has 0 aliphatic carbocycles. The second kappa shape index (κ2) is 7.98. The quantitative estimate of drug-likeness (QED) is 0.785. The number of rotatable bonds is 5. The Bertz CT molecular complexity index is 1030. The molecule has 0 saturated heterocycles. The van der Waals surface area contributed by atoms with Crippen molar-refractivity contribution in [2.75, 3.05) is 17.7 Å². The van der Waals surface area contributed by atoms with Crippen LogP contribution in [0.15, 0.2) is 60.0 Å². The van der Waals surface area contributed by atoms with Crippen LogP contribution in [0.5, 0.6) is 0 Å². The van der Waals surface area contributed by atoms with Gasteiger partial charge in [-0.1, -0.05) is 18.7 Å². The minimum atomic E-state index is -3.28. The number of anilines is 1. The first kappa shape index (κ1) is 19.8. The van der Waals surface area contributed by atoms with Crippen molar-refractivity contribution in [2.45, 2.75) is 24.3 Å². The van der Waals surface area contributed by atoms with E-state index in [0.717, 1.165) is 29.7 Å². The zero-order chi connectivity index (χ0) is 20.3. The van der Waals surface area contributed by atoms with Crippen LogP contribution in [0.3, 0.4) is 0 Å². The van der Waals surface area contributed by atoms with Crippen molar-refractivity contribution in [3.63, 3.8) is 0 Å². The van der Waals surface area contributed by atoms with Crippen LogP contribution in [-0.2, 0) is 27.6 Å². The van der Waals surface area contributed by atoms with Crippen molar-refractivity contribution in [3.05, 3.63) is 71.8 Å². The van der Waals surface area contributed by atoms with Crippen molar-refractivity contribution in [3.8, 4) is 0 Å². The number of nitrogens with zero attached hydrogens (tertiary/aromatic N) is 1. The smallest absolute Gasteiger partial charge is 0.258 e. The van der Waals surface area contributed by atoms with E-state index >= 15 is 0 Å². The van der Waals surface area contributed by atoms with Gasteiger partial charge >= 0.3 is 0 Å². The zero-order valence-electron chi connectivity index (χ0n) is 15.6. The van der Waals surface area contributed by atoms with Crippen LogP contribution < -0.4 is 10.2 Å². The summed E-state index contributed by atoms with van der Waals surface area (Å²) in [4.78, 5) is 26.2. The van der Waals surface area contributed by atoms with Gasteiger partial charge in [0.15, 0.2) is 9.84 Å². The van der Waals surface area contributed by atoms with Gasteiger partial charge in [-0.25, -0.2) is 8.42 Å². The fourth-order valence-corrected chi connectivity index (χ4v) is 3.87. The number of hydrogen-bond donors (Lipinski definition) is 1. The molecule has 2 aromatic carbocycles. The molecule has 28 heavy (non-hydrogen) atoms. The topological polar surface area (TPSA) is 83.6 Å². The molecule has 1 aliphatic rings. The molecule has 6 nitrogen and oxygen atoms in total. The summed E-state index contributed by atoms with van der Waals surface area (Å²) in [6, 6.07) is 12.0. The van der Waals surface area contributed by atoms with E-state index in [0.29, 0.717) is 18.7 Å². The number of carbonyl (C=O) groups excluding carboxylic acids is 2. The molecule has 0 atom stereocenters. The molecule has 1 aliphatic heterocycles. The molecule has 0 fully saturated rings. The van der Waals surface area contributed by atoms with E-state index in [1.165, 1.54) is 12.3 Å². The molecule has 3 rings (SSSR count). The fourth-order valence-electron chi connectivity index (χ4n) is 3.20. The number of hydrogen-bond acceptors (Lipinski definition) is 4. The van der Waals surface area contributed by atoms with Crippen molar-refractivity contribution >= 4 is 27.3 Å². The first-order valence-corrected chi connectivity index (χ1v) is 10.8. The van der Waals surface area contributed by atoms with Crippen molar-refractivity contribution < 1.29 is 18.0 Å². The van der Waals surface area contributed by atoms with Crippen LogP contribution in [0, 0.1) is 0 Å². The van der Waals surface area contributed by atoms with E-state index < -0.39 is 9.84 Å². The van der Waals surface area contributed by atoms with E-state index in [1.807, 2.05) is 0 Å². The number of fused-ring (bicyclic) bond motifs is 1. The Kier molecular flexibility index (Phi) is 5.65. The Morgan fingerprint density at radius 3 is 2.54 bits per heavy atom. The molecule has 0 unspecified atom stereocenters. The van der Waals surface area contributed by atoms with Gasteiger partial charge in [0.25, 0.3) is 5.91 Å². The van der Waals surface area contributed by atoms with Crippen molar-refractivity contribution in [1.82, 2.24) is 5.32 Å². The van der Waals surface area contributed by atoms with Crippen molar-refractivity contribution in [1.29, 1.82) is 0 Å². The highest BCUT2D eigenvalue weighted by Crippen LogP contribution is 2.30. The van der Waals surface area contributed by atoms with E-state index in [2.05, 4.69) is 11.9 Å². The molecule has 0 saturated carbocycles. The van der Waals surface area contributed by atoms with Crippen LogP contribution in [0.4, 0.5) is 5.69 Å². The third-order valence-corrected chi connectivity index (χ3v) is 5.81. The number of carbonyl (C=O) groups is 2. The predicted molar refractivity (Wildman–Crippen MR) is 108 cm³/mol. The first-order chi connectivity index (χ1) is 13.3. The molecule has 0 aromatic heterocycles. The Morgan fingerprint density at radius 2 is 1.89 bits per heavy atom. The average molecular weight is 398 g/mol. The third-order valence-electron chi connectivity index (χ3n) is 4.70. The SMILES string of the molecule is C=CC(=O)NCc1ccc(C(=O)N2CCCc3cc(S(C)(=O)=O)ccc32)cc1. The lowest BCUT2D eigenvalue weighted by Gasteiger charge is -2.30. The third kappa shape index (κ3) is 4.31. The maximum absolute atomic E-state index is 13.0. The van der Waals surface area contributed by atoms with Gasteiger partial charge < -0.3 is 10.2 Å². The summed E-state index contributed by atoms with van der Waals surface area (Å²) in [5.74, 6) is -0.381. The molecule has 7 heteroatoms. The molecular formula is C21H22N2O4S. The summed E-state index contributed by atoms with van der Waals surface area (Å²) in [6.45, 7) is 4.35. The first-order valence-electron chi connectivity index (χ1n) is 8.93. The molecule has 0 bridgehead atoms. The number of sulfone groups is 1. The van der Waals surface area contributed by atoms with E-state index in [9.17, 15) is 18.0 Å². The second-order valence-electron chi connectivity index (χ2n) is 6.74. The van der Waals surface area contributed by atoms with E-state index in [4.69, 9.17) is 0 Å². The summed E-state index contributed by atoms with van der Waals surface area (Å²) in [7, 11) is -3.28. The van der Waals surface area contributed by atoms with Gasteiger partial charge in [0.05, 0.1) is 4.90 Å². The molecule has 0 radical (unpaired) electrons. The van der Waals surface area contributed by atoms with Gasteiger partial charge in [-0.05, 0) is 60.4 Å². The number of amides is 2. The summed E-state index contributed by atoms with van der Waals surface area (Å²) in [5.41, 5.74) is 3.04. The maximum Gasteiger partial charge on any atom is 0.258 e. The largest absolute Gasteiger partial charge is 0.348 e. The minimum absolute atomic E-state index is 0.130. The highest BCUT2D eigenvalue weighted by Gasteiger charge is 2.24. The zero-order valence-corrected chi connectivity index (χ0v) is 16.5. The van der Waals surface area contributed by atoms with Crippen LogP contribution in [0.25, 0.3) is 0 Å². The average Bonchev–Trinajstić information content (AvgIpc) is 2.70. The highest BCUT2D eigenvalue weighted by molar-refractivity contribution is 7.90. The summed E-state index contributed by atoms with van der Waals surface area (Å²) < 4.78 is 23.6. The Hall–Kier alpha value is -2.93. The minimum Gasteiger partial charge on any atom is -0.348 e. The summed E-state index contributed by atoms with van der Waals surface area (Å²) in [5, 5.41) is 2.69. The second-order valence-corrected chi connectivity index (χ2v) is 8.76. The maximum atomic E-state index is 13.0. The van der Waals surface area contributed by atoms with E-state index in [1.54, 1.807) is 47.4 Å².